The van der Waals surface area contributed by atoms with Crippen LogP contribution in [-0.2, 0) is 20.7 Å². The van der Waals surface area contributed by atoms with Crippen molar-refractivity contribution in [3.05, 3.63) is 29.8 Å². The van der Waals surface area contributed by atoms with E-state index in [1.165, 1.54) is 0 Å². The number of alkyl carbamates (subject to hydrolysis) is 1. The third kappa shape index (κ3) is 11.1. The Balaban J connectivity index is 2.12. The van der Waals surface area contributed by atoms with Crippen LogP contribution in [-0.4, -0.2) is 49.7 Å². The van der Waals surface area contributed by atoms with Crippen molar-refractivity contribution in [1.82, 2.24) is 16.0 Å². The van der Waals surface area contributed by atoms with Crippen molar-refractivity contribution in [1.29, 1.82) is 0 Å². The summed E-state index contributed by atoms with van der Waals surface area (Å²) in [6.07, 6.45) is -0.152. The molecule has 1 aromatic rings. The molecule has 0 spiro atoms. The highest BCUT2D eigenvalue weighted by Crippen LogP contribution is 2.12. The average Bonchev–Trinajstić information content (AvgIpc) is 2.59. The molecular formula is C20H31N3O5. The van der Waals surface area contributed by atoms with Crippen LogP contribution < -0.4 is 20.7 Å². The Bertz CT molecular complexity index is 638. The van der Waals surface area contributed by atoms with Gasteiger partial charge in [0, 0.05) is 26.1 Å². The van der Waals surface area contributed by atoms with Gasteiger partial charge in [0.25, 0.3) is 0 Å². The first kappa shape index (κ1) is 23.3. The van der Waals surface area contributed by atoms with E-state index >= 15 is 0 Å². The summed E-state index contributed by atoms with van der Waals surface area (Å²) in [5.41, 5.74) is 0.314. The number of benzene rings is 1. The quantitative estimate of drug-likeness (QED) is 0.526. The fourth-order valence-corrected chi connectivity index (χ4v) is 2.20. The minimum atomic E-state index is -0.574. The Morgan fingerprint density at radius 1 is 0.893 bits per heavy atom. The molecule has 3 N–H and O–H groups in total. The molecule has 156 valence electrons. The molecule has 0 atom stereocenters. The van der Waals surface area contributed by atoms with Crippen molar-refractivity contribution in [2.45, 2.75) is 46.1 Å². The maximum Gasteiger partial charge on any atom is 0.407 e. The van der Waals surface area contributed by atoms with E-state index in [1.807, 2.05) is 31.2 Å². The van der Waals surface area contributed by atoms with Crippen LogP contribution in [0.5, 0.6) is 5.75 Å². The van der Waals surface area contributed by atoms with Gasteiger partial charge in [-0.05, 0) is 45.4 Å². The third-order valence-electron chi connectivity index (χ3n) is 3.39. The van der Waals surface area contributed by atoms with E-state index in [1.54, 1.807) is 20.8 Å². The Morgan fingerprint density at radius 3 is 2.07 bits per heavy atom. The van der Waals surface area contributed by atoms with E-state index < -0.39 is 11.7 Å². The first-order chi connectivity index (χ1) is 13.2. The van der Waals surface area contributed by atoms with Gasteiger partial charge in [-0.25, -0.2) is 4.79 Å². The summed E-state index contributed by atoms with van der Waals surface area (Å²) in [6.45, 7) is 8.66. The highest BCUT2D eigenvalue weighted by Gasteiger charge is 2.15. The van der Waals surface area contributed by atoms with Gasteiger partial charge < -0.3 is 25.4 Å². The SMILES string of the molecule is CCOc1ccc(CC(=O)NCCNC(=O)CCNC(=O)OC(C)(C)C)cc1. The van der Waals surface area contributed by atoms with E-state index in [9.17, 15) is 14.4 Å². The van der Waals surface area contributed by atoms with E-state index in [0.29, 0.717) is 19.7 Å². The average molecular weight is 393 g/mol. The third-order valence-corrected chi connectivity index (χ3v) is 3.39. The Hall–Kier alpha value is -2.77. The van der Waals surface area contributed by atoms with Gasteiger partial charge >= 0.3 is 6.09 Å². The van der Waals surface area contributed by atoms with Gasteiger partial charge in [0.05, 0.1) is 13.0 Å². The summed E-state index contributed by atoms with van der Waals surface area (Å²) in [7, 11) is 0. The molecule has 0 saturated carbocycles. The zero-order valence-electron chi connectivity index (χ0n) is 17.1. The number of nitrogens with one attached hydrogen (secondary N) is 3. The van der Waals surface area contributed by atoms with Gasteiger partial charge in [-0.3, -0.25) is 9.59 Å². The maximum atomic E-state index is 11.9. The number of hydrogen-bond acceptors (Lipinski definition) is 5. The van der Waals surface area contributed by atoms with Gasteiger partial charge in [0.15, 0.2) is 0 Å². The maximum absolute atomic E-state index is 11.9. The van der Waals surface area contributed by atoms with Crippen LogP contribution in [0.25, 0.3) is 0 Å². The van der Waals surface area contributed by atoms with Crippen molar-refractivity contribution >= 4 is 17.9 Å². The van der Waals surface area contributed by atoms with Crippen LogP contribution in [0.4, 0.5) is 4.79 Å². The molecule has 0 aliphatic heterocycles. The van der Waals surface area contributed by atoms with Crippen molar-refractivity contribution in [3.8, 4) is 5.75 Å². The summed E-state index contributed by atoms with van der Waals surface area (Å²) in [5.74, 6) is 0.442. The lowest BCUT2D eigenvalue weighted by atomic mass is 10.1. The fraction of sp³-hybridized carbons (Fsp3) is 0.550. The molecule has 0 heterocycles. The Labute approximate surface area is 166 Å². The lowest BCUT2D eigenvalue weighted by Crippen LogP contribution is -2.37. The smallest absolute Gasteiger partial charge is 0.407 e. The molecule has 0 saturated heterocycles. The highest BCUT2D eigenvalue weighted by molar-refractivity contribution is 5.79. The normalized spacial score (nSPS) is 10.7. The van der Waals surface area contributed by atoms with Crippen molar-refractivity contribution < 1.29 is 23.9 Å². The summed E-state index contributed by atoms with van der Waals surface area (Å²) in [5, 5.41) is 7.95. The number of amides is 3. The number of carbonyl (C=O) groups excluding carboxylic acids is 3. The van der Waals surface area contributed by atoms with Gasteiger partial charge in [-0.2, -0.15) is 0 Å². The molecule has 28 heavy (non-hydrogen) atoms. The topological polar surface area (TPSA) is 106 Å². The second kappa shape index (κ2) is 11.8. The van der Waals surface area contributed by atoms with Crippen LogP contribution >= 0.6 is 0 Å². The molecule has 0 radical (unpaired) electrons. The van der Waals surface area contributed by atoms with E-state index in [2.05, 4.69) is 16.0 Å². The second-order valence-electron chi connectivity index (χ2n) is 7.13. The molecule has 0 aromatic heterocycles. The standard InChI is InChI=1S/C20H31N3O5/c1-5-27-16-8-6-15(7-9-16)14-18(25)22-13-12-21-17(24)10-11-23-19(26)28-20(2,3)4/h6-9H,5,10-14H2,1-4H3,(H,21,24)(H,22,25)(H,23,26). The number of carbonyl (C=O) groups is 3. The molecule has 0 bridgehead atoms. The fourth-order valence-electron chi connectivity index (χ4n) is 2.20. The summed E-state index contributed by atoms with van der Waals surface area (Å²) in [6, 6.07) is 7.36. The highest BCUT2D eigenvalue weighted by atomic mass is 16.6. The number of hydrogen-bond donors (Lipinski definition) is 3. The summed E-state index contributed by atoms with van der Waals surface area (Å²) in [4.78, 5) is 35.1. The zero-order chi connectivity index (χ0) is 21.0. The van der Waals surface area contributed by atoms with E-state index in [-0.39, 0.29) is 31.2 Å². The van der Waals surface area contributed by atoms with Crippen molar-refractivity contribution in [2.75, 3.05) is 26.2 Å². The molecule has 1 rings (SSSR count). The van der Waals surface area contributed by atoms with Crippen LogP contribution in [0, 0.1) is 0 Å². The second-order valence-corrected chi connectivity index (χ2v) is 7.13. The monoisotopic (exact) mass is 393 g/mol. The molecule has 1 aromatic carbocycles. The van der Waals surface area contributed by atoms with E-state index in [4.69, 9.17) is 9.47 Å². The largest absolute Gasteiger partial charge is 0.494 e. The number of rotatable bonds is 10. The number of ether oxygens (including phenoxy) is 2. The van der Waals surface area contributed by atoms with Crippen LogP contribution in [0.2, 0.25) is 0 Å². The summed E-state index contributed by atoms with van der Waals surface area (Å²) < 4.78 is 10.4. The van der Waals surface area contributed by atoms with Crippen molar-refractivity contribution in [3.63, 3.8) is 0 Å². The van der Waals surface area contributed by atoms with Gasteiger partial charge in [0.1, 0.15) is 11.4 Å². The Morgan fingerprint density at radius 2 is 1.50 bits per heavy atom. The molecular weight excluding hydrogens is 362 g/mol. The van der Waals surface area contributed by atoms with Crippen molar-refractivity contribution in [2.24, 2.45) is 0 Å². The molecule has 8 nitrogen and oxygen atoms in total. The summed E-state index contributed by atoms with van der Waals surface area (Å²) >= 11 is 0. The molecule has 0 fully saturated rings. The first-order valence-corrected chi connectivity index (χ1v) is 9.41. The van der Waals surface area contributed by atoms with Crippen LogP contribution in [0.1, 0.15) is 39.7 Å². The van der Waals surface area contributed by atoms with Crippen LogP contribution in [0.15, 0.2) is 24.3 Å². The predicted molar refractivity (Wildman–Crippen MR) is 106 cm³/mol. The lowest BCUT2D eigenvalue weighted by molar-refractivity contribution is -0.122. The molecule has 0 unspecified atom stereocenters. The van der Waals surface area contributed by atoms with Gasteiger partial charge in [-0.15, -0.1) is 0 Å². The van der Waals surface area contributed by atoms with E-state index in [0.717, 1.165) is 11.3 Å². The first-order valence-electron chi connectivity index (χ1n) is 9.41. The zero-order valence-corrected chi connectivity index (χ0v) is 17.1. The lowest BCUT2D eigenvalue weighted by Gasteiger charge is -2.19. The van der Waals surface area contributed by atoms with Crippen LogP contribution in [0.3, 0.4) is 0 Å². The van der Waals surface area contributed by atoms with Gasteiger partial charge in [-0.1, -0.05) is 12.1 Å². The van der Waals surface area contributed by atoms with Gasteiger partial charge in [0.2, 0.25) is 11.8 Å². The molecule has 0 aliphatic carbocycles. The molecule has 3 amide bonds. The Kier molecular flexibility index (Phi) is 9.84. The molecule has 8 heteroatoms. The minimum absolute atomic E-state index is 0.120. The predicted octanol–water partition coefficient (Wildman–Crippen LogP) is 1.77. The minimum Gasteiger partial charge on any atom is -0.494 e. The molecule has 0 aliphatic rings.